The molecule has 10 aromatic carbocycles. The third-order valence-corrected chi connectivity index (χ3v) is 13.2. The van der Waals surface area contributed by atoms with Gasteiger partial charge >= 0.3 is 0 Å². The number of nitrogens with two attached hydrogens (primary N) is 1. The van der Waals surface area contributed by atoms with Gasteiger partial charge in [-0.05, 0) is 115 Å². The summed E-state index contributed by atoms with van der Waals surface area (Å²) in [6.45, 7) is 0. The molecule has 0 spiro atoms. The monoisotopic (exact) mass is 898 g/mol. The molecule has 12 rings (SSSR count). The second kappa shape index (κ2) is 18.2. The second-order valence-electron chi connectivity index (χ2n) is 16.4. The fourth-order valence-corrected chi connectivity index (χ4v) is 10.4. The first-order valence-electron chi connectivity index (χ1n) is 22.1. The van der Waals surface area contributed by atoms with Crippen LogP contribution in [-0.4, -0.2) is 0 Å². The molecule has 3 N–H and O–H groups in total. The van der Waals surface area contributed by atoms with Crippen molar-refractivity contribution in [2.45, 2.75) is 10.8 Å². The van der Waals surface area contributed by atoms with Gasteiger partial charge in [0.2, 0.25) is 0 Å². The maximum absolute atomic E-state index is 5.36. The molecule has 2 aliphatic carbocycles. The van der Waals surface area contributed by atoms with Crippen molar-refractivity contribution in [1.29, 1.82) is 0 Å². The summed E-state index contributed by atoms with van der Waals surface area (Å²) in [5, 5.41) is 3.60. The van der Waals surface area contributed by atoms with Crippen LogP contribution in [0.4, 0.5) is 17.1 Å². The lowest BCUT2D eigenvalue weighted by Crippen LogP contribution is -2.28. The Morgan fingerprint density at radius 2 is 0.631 bits per heavy atom. The number of rotatable bonds is 6. The third kappa shape index (κ3) is 7.54. The molecule has 0 fully saturated rings. The summed E-state index contributed by atoms with van der Waals surface area (Å²) in [4.78, 5) is 0. The van der Waals surface area contributed by atoms with Gasteiger partial charge in [0.15, 0.2) is 0 Å². The summed E-state index contributed by atoms with van der Waals surface area (Å²) in [7, 11) is 0. The maximum atomic E-state index is 5.36. The van der Waals surface area contributed by atoms with Crippen molar-refractivity contribution in [3.8, 4) is 22.3 Å². The average Bonchev–Trinajstić information content (AvgIpc) is 3.84. The molecule has 0 bridgehead atoms. The van der Waals surface area contributed by atoms with Gasteiger partial charge in [-0.3, -0.25) is 0 Å². The van der Waals surface area contributed by atoms with Crippen LogP contribution in [0.5, 0.6) is 0 Å². The van der Waals surface area contributed by atoms with Crippen LogP contribution < -0.4 is 11.1 Å². The first-order valence-corrected chi connectivity index (χ1v) is 22.9. The van der Waals surface area contributed by atoms with Crippen LogP contribution in [0.15, 0.2) is 271 Å². The molecule has 0 aromatic heterocycles. The van der Waals surface area contributed by atoms with Crippen LogP contribution in [0, 0.1) is 0 Å². The van der Waals surface area contributed by atoms with Crippen molar-refractivity contribution in [1.82, 2.24) is 0 Å². The van der Waals surface area contributed by atoms with Crippen molar-refractivity contribution in [2.75, 3.05) is 11.1 Å². The van der Waals surface area contributed by atoms with Gasteiger partial charge < -0.3 is 11.1 Å². The standard InChI is InChI=1S/C31H23N.C25H17Br.C6H7N/c1-4-12-23(13-5-1)31(24-14-6-2-7-15-24)29-19-11-10-18-27(29)28-21-20-26(22-30(28)31)32-25-16-8-3-9-17-25;26-20-15-16-22-21-13-7-8-14-23(21)25(24(22)17-20,18-9-3-1-4-10-18)19-11-5-2-6-12-19;7-6-4-2-1-3-5-6/h1-22,32H;1-17H;1-5H,7H2. The Balaban J connectivity index is 0.000000135. The van der Waals surface area contributed by atoms with Gasteiger partial charge in [-0.2, -0.15) is 0 Å². The lowest BCUT2D eigenvalue weighted by molar-refractivity contribution is 0.768. The zero-order chi connectivity index (χ0) is 44.1. The largest absolute Gasteiger partial charge is 0.399 e. The number of hydrogen-bond donors (Lipinski definition) is 2. The minimum atomic E-state index is -0.358. The van der Waals surface area contributed by atoms with Gasteiger partial charge in [-0.15, -0.1) is 0 Å². The van der Waals surface area contributed by atoms with E-state index < -0.39 is 0 Å². The predicted molar refractivity (Wildman–Crippen MR) is 276 cm³/mol. The zero-order valence-electron chi connectivity index (χ0n) is 35.9. The smallest absolute Gasteiger partial charge is 0.0714 e. The minimum Gasteiger partial charge on any atom is -0.399 e. The van der Waals surface area contributed by atoms with Gasteiger partial charge in [0.05, 0.1) is 10.8 Å². The van der Waals surface area contributed by atoms with Crippen LogP contribution in [0.25, 0.3) is 22.3 Å². The Hall–Kier alpha value is -7.72. The Kier molecular flexibility index (Phi) is 11.5. The van der Waals surface area contributed by atoms with Crippen molar-refractivity contribution < 1.29 is 0 Å². The highest BCUT2D eigenvalue weighted by molar-refractivity contribution is 9.10. The number of halogens is 1. The highest BCUT2D eigenvalue weighted by Crippen LogP contribution is 2.58. The van der Waals surface area contributed by atoms with Gasteiger partial charge in [-0.1, -0.05) is 234 Å². The van der Waals surface area contributed by atoms with Crippen LogP contribution in [-0.2, 0) is 10.8 Å². The van der Waals surface area contributed by atoms with Crippen LogP contribution in [0.1, 0.15) is 44.5 Å². The van der Waals surface area contributed by atoms with Crippen molar-refractivity contribution >= 4 is 33.0 Å². The Bertz CT molecular complexity index is 3090. The van der Waals surface area contributed by atoms with E-state index in [2.05, 4.69) is 252 Å². The van der Waals surface area contributed by atoms with E-state index in [1.165, 1.54) is 66.8 Å². The van der Waals surface area contributed by atoms with Crippen molar-refractivity contribution in [3.63, 3.8) is 0 Å². The van der Waals surface area contributed by atoms with E-state index in [1.54, 1.807) is 0 Å². The number of benzene rings is 10. The Morgan fingerprint density at radius 3 is 1.05 bits per heavy atom. The molecule has 10 aromatic rings. The van der Waals surface area contributed by atoms with E-state index in [-0.39, 0.29) is 10.8 Å². The lowest BCUT2D eigenvalue weighted by atomic mass is 9.67. The van der Waals surface area contributed by atoms with E-state index in [4.69, 9.17) is 5.73 Å². The van der Waals surface area contributed by atoms with Gasteiger partial charge in [-0.25, -0.2) is 0 Å². The zero-order valence-corrected chi connectivity index (χ0v) is 37.4. The van der Waals surface area contributed by atoms with Crippen LogP contribution >= 0.6 is 15.9 Å². The molecule has 0 aliphatic heterocycles. The molecule has 65 heavy (non-hydrogen) atoms. The van der Waals surface area contributed by atoms with Gasteiger partial charge in [0.1, 0.15) is 0 Å². The lowest BCUT2D eigenvalue weighted by Gasteiger charge is -2.34. The first-order chi connectivity index (χ1) is 32.1. The molecule has 0 amide bonds. The van der Waals surface area contributed by atoms with E-state index >= 15 is 0 Å². The molecule has 3 heteroatoms. The molecular formula is C62H47BrN2. The van der Waals surface area contributed by atoms with E-state index in [0.717, 1.165) is 21.5 Å². The molecule has 0 atom stereocenters. The van der Waals surface area contributed by atoms with Crippen LogP contribution in [0.3, 0.4) is 0 Å². The van der Waals surface area contributed by atoms with Crippen molar-refractivity contribution in [2.24, 2.45) is 0 Å². The summed E-state index contributed by atoms with van der Waals surface area (Å²) in [6.07, 6.45) is 0. The van der Waals surface area contributed by atoms with Gasteiger partial charge in [0.25, 0.3) is 0 Å². The normalized spacial score (nSPS) is 13.0. The molecule has 0 radical (unpaired) electrons. The molecule has 2 nitrogen and oxygen atoms in total. The summed E-state index contributed by atoms with van der Waals surface area (Å²) < 4.78 is 1.11. The molecule has 0 saturated heterocycles. The Labute approximate surface area is 390 Å². The fourth-order valence-electron chi connectivity index (χ4n) is 10.1. The summed E-state index contributed by atoms with van der Waals surface area (Å²) >= 11 is 3.71. The molecule has 0 saturated carbocycles. The quantitative estimate of drug-likeness (QED) is 0.163. The number of fused-ring (bicyclic) bond motifs is 6. The fraction of sp³-hybridized carbons (Fsp3) is 0.0323. The molecule has 312 valence electrons. The number of nitrogen functional groups attached to an aromatic ring is 1. The summed E-state index contributed by atoms with van der Waals surface area (Å²) in [5.41, 5.74) is 23.5. The Morgan fingerprint density at radius 1 is 0.292 bits per heavy atom. The first kappa shape index (κ1) is 41.3. The minimum absolute atomic E-state index is 0.293. The molecule has 0 unspecified atom stereocenters. The molecule has 2 aliphatic rings. The summed E-state index contributed by atoms with van der Waals surface area (Å²) in [5.74, 6) is 0. The molecular weight excluding hydrogens is 853 g/mol. The molecule has 0 heterocycles. The van der Waals surface area contributed by atoms with Crippen LogP contribution in [0.2, 0.25) is 0 Å². The van der Waals surface area contributed by atoms with E-state index in [1.807, 2.05) is 36.4 Å². The average molecular weight is 900 g/mol. The third-order valence-electron chi connectivity index (χ3n) is 12.7. The highest BCUT2D eigenvalue weighted by atomic mass is 79.9. The topological polar surface area (TPSA) is 38.0 Å². The SMILES string of the molecule is Brc1ccc2c(c1)C(c1ccccc1)(c1ccccc1)c1ccccc1-2.Nc1ccccc1.c1ccc(Nc2ccc3c(c2)C(c2ccccc2)(c2ccccc2)c2ccccc2-3)cc1. The highest BCUT2D eigenvalue weighted by Gasteiger charge is 2.47. The number of anilines is 3. The maximum Gasteiger partial charge on any atom is 0.0714 e. The number of nitrogens with one attached hydrogen (secondary N) is 1. The van der Waals surface area contributed by atoms with Gasteiger partial charge in [0, 0.05) is 21.5 Å². The van der Waals surface area contributed by atoms with E-state index in [9.17, 15) is 0 Å². The number of hydrogen-bond acceptors (Lipinski definition) is 2. The number of para-hydroxylation sites is 2. The van der Waals surface area contributed by atoms with Crippen molar-refractivity contribution in [3.05, 3.63) is 316 Å². The predicted octanol–water partition coefficient (Wildman–Crippen LogP) is 15.9. The summed E-state index contributed by atoms with van der Waals surface area (Å²) in [6, 6.07) is 94.5. The van der Waals surface area contributed by atoms with E-state index in [0.29, 0.717) is 0 Å². The second-order valence-corrected chi connectivity index (χ2v) is 17.3.